The van der Waals surface area contributed by atoms with E-state index in [1.54, 1.807) is 0 Å². The summed E-state index contributed by atoms with van der Waals surface area (Å²) >= 11 is 0. The zero-order valence-electron chi connectivity index (χ0n) is 26.6. The summed E-state index contributed by atoms with van der Waals surface area (Å²) in [6.07, 6.45) is 18.2. The molecular weight excluding hydrogens is 516 g/mol. The molecule has 0 saturated carbocycles. The molecule has 0 N–H and O–H groups in total. The van der Waals surface area contributed by atoms with E-state index in [2.05, 4.69) is 39.8 Å². The molecule has 0 amide bonds. The minimum Gasteiger partial charge on any atom is -0.488 e. The summed E-state index contributed by atoms with van der Waals surface area (Å²) in [6, 6.07) is 23.5. The molecule has 4 heterocycles. The maximum Gasteiger partial charge on any atom is 0.193 e. The SMILES string of the molecule is CC1(C)CCCCCCCCCCCCCCC(C)(C)c2ccc(cc2)C(=O)c2ccc(cc2)Oc2ccc(cc2)O1. The van der Waals surface area contributed by atoms with Gasteiger partial charge in [-0.25, -0.2) is 0 Å². The topological polar surface area (TPSA) is 35.5 Å². The molecule has 42 heavy (non-hydrogen) atoms. The molecule has 3 aromatic rings. The molecule has 6 bridgehead atoms. The van der Waals surface area contributed by atoms with Crippen LogP contribution in [0.25, 0.3) is 0 Å². The first-order valence-corrected chi connectivity index (χ1v) is 16.4. The van der Waals surface area contributed by atoms with Gasteiger partial charge in [0.25, 0.3) is 0 Å². The zero-order valence-corrected chi connectivity index (χ0v) is 26.6. The van der Waals surface area contributed by atoms with Crippen molar-refractivity contribution in [3.63, 3.8) is 0 Å². The van der Waals surface area contributed by atoms with Gasteiger partial charge in [-0.2, -0.15) is 0 Å². The quantitative estimate of drug-likeness (QED) is 0.270. The molecule has 3 nitrogen and oxygen atoms in total. The van der Waals surface area contributed by atoms with Crippen LogP contribution in [0.3, 0.4) is 0 Å². The fraction of sp³-hybridized carbons (Fsp3) is 0.513. The van der Waals surface area contributed by atoms with Gasteiger partial charge in [0.1, 0.15) is 22.8 Å². The maximum atomic E-state index is 13.2. The van der Waals surface area contributed by atoms with Crippen LogP contribution in [-0.4, -0.2) is 11.4 Å². The summed E-state index contributed by atoms with van der Waals surface area (Å²) in [5.41, 5.74) is 2.60. The number of ether oxygens (including phenoxy) is 2. The molecule has 7 rings (SSSR count). The molecule has 3 heteroatoms. The number of carbonyl (C=O) groups excluding carboxylic acids is 1. The van der Waals surface area contributed by atoms with Crippen molar-refractivity contribution in [2.45, 2.75) is 129 Å². The number of fused-ring (bicyclic) bond motifs is 3. The summed E-state index contributed by atoms with van der Waals surface area (Å²) in [4.78, 5) is 13.2. The average Bonchev–Trinajstić information content (AvgIpc) is 2.98. The van der Waals surface area contributed by atoms with Gasteiger partial charge in [0, 0.05) is 11.1 Å². The van der Waals surface area contributed by atoms with Crippen molar-refractivity contribution in [2.24, 2.45) is 0 Å². The largest absolute Gasteiger partial charge is 0.488 e. The first kappa shape index (κ1) is 31.9. The van der Waals surface area contributed by atoms with Gasteiger partial charge < -0.3 is 9.47 Å². The molecule has 4 aliphatic rings. The summed E-state index contributed by atoms with van der Waals surface area (Å²) in [7, 11) is 0. The highest BCUT2D eigenvalue weighted by Gasteiger charge is 2.21. The van der Waals surface area contributed by atoms with E-state index in [1.165, 1.54) is 89.0 Å². The molecule has 226 valence electrons. The molecule has 0 saturated heterocycles. The Morgan fingerprint density at radius 1 is 0.476 bits per heavy atom. The molecular formula is C39H52O3. The van der Waals surface area contributed by atoms with E-state index in [9.17, 15) is 4.79 Å². The van der Waals surface area contributed by atoms with E-state index < -0.39 is 0 Å². The predicted octanol–water partition coefficient (Wildman–Crippen LogP) is 11.6. The van der Waals surface area contributed by atoms with Crippen molar-refractivity contribution in [1.29, 1.82) is 0 Å². The van der Waals surface area contributed by atoms with Crippen LogP contribution >= 0.6 is 0 Å². The van der Waals surface area contributed by atoms with Gasteiger partial charge in [-0.3, -0.25) is 4.79 Å². The van der Waals surface area contributed by atoms with Crippen LogP contribution < -0.4 is 9.47 Å². The summed E-state index contributed by atoms with van der Waals surface area (Å²) in [5, 5.41) is 0. The van der Waals surface area contributed by atoms with Crippen LogP contribution in [0.1, 0.15) is 139 Å². The smallest absolute Gasteiger partial charge is 0.193 e. The Labute approximate surface area is 255 Å². The highest BCUT2D eigenvalue weighted by Crippen LogP contribution is 2.31. The number of hydrogen-bond acceptors (Lipinski definition) is 3. The minimum atomic E-state index is -0.194. The summed E-state index contributed by atoms with van der Waals surface area (Å²) in [5.74, 6) is 2.34. The Morgan fingerprint density at radius 3 is 1.36 bits per heavy atom. The van der Waals surface area contributed by atoms with E-state index in [0.29, 0.717) is 11.3 Å². The number of benzene rings is 3. The van der Waals surface area contributed by atoms with Crippen molar-refractivity contribution in [1.82, 2.24) is 0 Å². The second-order valence-corrected chi connectivity index (χ2v) is 13.5. The second-order valence-electron chi connectivity index (χ2n) is 13.5. The molecule has 0 aliphatic carbocycles. The second kappa shape index (κ2) is 15.4. The van der Waals surface area contributed by atoms with Gasteiger partial charge >= 0.3 is 0 Å². The lowest BCUT2D eigenvalue weighted by molar-refractivity contribution is 0.0959. The Balaban J connectivity index is 1.41. The van der Waals surface area contributed by atoms with Gasteiger partial charge in [-0.15, -0.1) is 0 Å². The van der Waals surface area contributed by atoms with E-state index in [0.717, 1.165) is 23.5 Å². The lowest BCUT2D eigenvalue weighted by Gasteiger charge is -2.26. The number of ketones is 1. The fourth-order valence-electron chi connectivity index (χ4n) is 6.03. The highest BCUT2D eigenvalue weighted by atomic mass is 16.5. The van der Waals surface area contributed by atoms with Crippen LogP contribution in [-0.2, 0) is 5.41 Å². The molecule has 0 unspecified atom stereocenters. The standard InChI is InChI=1S/C39H52O3/c1-38(2)29-15-13-11-9-7-5-6-8-10-12-14-16-30-39(3,4)42-36-27-25-35(26-28-36)41-34-23-19-32(20-24-34)37(40)31-17-21-33(38)22-18-31/h17-28H,5-16,29-30H2,1-4H3. The Kier molecular flexibility index (Phi) is 11.7. The van der Waals surface area contributed by atoms with Crippen molar-refractivity contribution < 1.29 is 14.3 Å². The minimum absolute atomic E-state index is 0.0328. The molecule has 3 aromatic carbocycles. The van der Waals surface area contributed by atoms with Crippen LogP contribution in [0, 0.1) is 0 Å². The molecule has 4 aliphatic heterocycles. The van der Waals surface area contributed by atoms with E-state index >= 15 is 0 Å². The van der Waals surface area contributed by atoms with Crippen molar-refractivity contribution >= 4 is 5.78 Å². The van der Waals surface area contributed by atoms with Gasteiger partial charge in [0.05, 0.1) is 0 Å². The zero-order chi connectivity index (χ0) is 29.8. The summed E-state index contributed by atoms with van der Waals surface area (Å²) < 4.78 is 12.4. The number of rotatable bonds is 0. The third kappa shape index (κ3) is 10.0. The van der Waals surface area contributed by atoms with Crippen molar-refractivity contribution in [2.75, 3.05) is 0 Å². The van der Waals surface area contributed by atoms with Crippen LogP contribution in [0.2, 0.25) is 0 Å². The first-order valence-electron chi connectivity index (χ1n) is 16.4. The van der Waals surface area contributed by atoms with Crippen LogP contribution in [0.5, 0.6) is 17.2 Å². The maximum absolute atomic E-state index is 13.2. The Bertz CT molecular complexity index is 1220. The highest BCUT2D eigenvalue weighted by molar-refractivity contribution is 6.09. The normalized spacial score (nSPS) is 19.4. The predicted molar refractivity (Wildman–Crippen MR) is 175 cm³/mol. The number of carbonyl (C=O) groups is 1. The number of hydrogen-bond donors (Lipinski definition) is 0. The molecule has 0 fully saturated rings. The third-order valence-electron chi connectivity index (χ3n) is 8.83. The molecule has 0 aromatic heterocycles. The monoisotopic (exact) mass is 568 g/mol. The van der Waals surface area contributed by atoms with Crippen molar-refractivity contribution in [3.05, 3.63) is 89.5 Å². The third-order valence-corrected chi connectivity index (χ3v) is 8.83. The van der Waals surface area contributed by atoms with Crippen molar-refractivity contribution in [3.8, 4) is 17.2 Å². The molecule has 0 spiro atoms. The van der Waals surface area contributed by atoms with Gasteiger partial charge in [-0.05, 0) is 92.6 Å². The first-order chi connectivity index (χ1) is 20.2. The van der Waals surface area contributed by atoms with Gasteiger partial charge in [-0.1, -0.05) is 109 Å². The Hall–Kier alpha value is -3.07. The van der Waals surface area contributed by atoms with E-state index in [-0.39, 0.29) is 16.8 Å². The van der Waals surface area contributed by atoms with E-state index in [1.807, 2.05) is 60.7 Å². The van der Waals surface area contributed by atoms with Gasteiger partial charge in [0.15, 0.2) is 5.78 Å². The molecule has 0 radical (unpaired) electrons. The Morgan fingerprint density at radius 2 is 0.857 bits per heavy atom. The molecule has 0 atom stereocenters. The lowest BCUT2D eigenvalue weighted by Crippen LogP contribution is -2.27. The fourth-order valence-corrected chi connectivity index (χ4v) is 6.03. The van der Waals surface area contributed by atoms with Gasteiger partial charge in [0.2, 0.25) is 0 Å². The van der Waals surface area contributed by atoms with Crippen LogP contribution in [0.15, 0.2) is 72.8 Å². The lowest BCUT2D eigenvalue weighted by atomic mass is 9.79. The summed E-state index contributed by atoms with van der Waals surface area (Å²) in [6.45, 7) is 9.02. The average molecular weight is 569 g/mol. The van der Waals surface area contributed by atoms with E-state index in [4.69, 9.17) is 9.47 Å². The van der Waals surface area contributed by atoms with Crippen LogP contribution in [0.4, 0.5) is 0 Å².